The quantitative estimate of drug-likeness (QED) is 0.813. The van der Waals surface area contributed by atoms with Gasteiger partial charge in [-0.3, -0.25) is 4.98 Å². The highest BCUT2D eigenvalue weighted by atomic mass is 16.7. The molecule has 2 aliphatic rings. The zero-order valence-corrected chi connectivity index (χ0v) is 13.8. The summed E-state index contributed by atoms with van der Waals surface area (Å²) in [5.41, 5.74) is 1.40. The molecule has 1 N–H and O–H groups in total. The van der Waals surface area contributed by atoms with Crippen molar-refractivity contribution in [3.8, 4) is 5.75 Å². The molecule has 0 aliphatic carbocycles. The van der Waals surface area contributed by atoms with Crippen molar-refractivity contribution in [3.05, 3.63) is 60.1 Å². The average Bonchev–Trinajstić information content (AvgIpc) is 3.08. The molecule has 1 saturated heterocycles. The van der Waals surface area contributed by atoms with Crippen molar-refractivity contribution in [1.29, 1.82) is 0 Å². The molecule has 5 nitrogen and oxygen atoms in total. The van der Waals surface area contributed by atoms with E-state index in [1.807, 2.05) is 18.2 Å². The summed E-state index contributed by atoms with van der Waals surface area (Å²) in [6, 6.07) is 1.87. The molecule has 0 spiro atoms. The van der Waals surface area contributed by atoms with E-state index in [9.17, 15) is 5.11 Å². The topological polar surface area (TPSA) is 54.8 Å². The van der Waals surface area contributed by atoms with Crippen LogP contribution >= 0.6 is 0 Å². The molecule has 0 unspecified atom stereocenters. The van der Waals surface area contributed by atoms with E-state index >= 15 is 0 Å². The molecule has 5 heteroatoms. The summed E-state index contributed by atoms with van der Waals surface area (Å²) in [5.74, 6) is 0.212. The van der Waals surface area contributed by atoms with E-state index in [2.05, 4.69) is 34.3 Å². The number of aromatic nitrogens is 1. The summed E-state index contributed by atoms with van der Waals surface area (Å²) in [4.78, 5) is 6.50. The summed E-state index contributed by atoms with van der Waals surface area (Å²) in [6.45, 7) is 3.02. The Balaban J connectivity index is 1.49. The van der Waals surface area contributed by atoms with Gasteiger partial charge in [-0.15, -0.1) is 0 Å². The molecule has 0 radical (unpaired) electrons. The van der Waals surface area contributed by atoms with Gasteiger partial charge < -0.3 is 19.5 Å². The minimum absolute atomic E-state index is 0.212. The minimum Gasteiger partial charge on any atom is -0.506 e. The Kier molecular flexibility index (Phi) is 6.04. The first kappa shape index (κ1) is 16.7. The van der Waals surface area contributed by atoms with Gasteiger partial charge in [-0.2, -0.15) is 0 Å². The minimum atomic E-state index is -0.532. The molecule has 128 valence electrons. The number of allylic oxidation sites excluding steroid dienone is 4. The van der Waals surface area contributed by atoms with Gasteiger partial charge in [0, 0.05) is 19.3 Å². The Labute approximate surface area is 142 Å². The third-order valence-electron chi connectivity index (χ3n) is 4.13. The molecule has 0 aromatic carbocycles. The summed E-state index contributed by atoms with van der Waals surface area (Å²) < 4.78 is 10.9. The molecule has 3 heterocycles. The van der Waals surface area contributed by atoms with Gasteiger partial charge in [0.15, 0.2) is 0 Å². The van der Waals surface area contributed by atoms with Crippen LogP contribution in [0.15, 0.2) is 48.8 Å². The van der Waals surface area contributed by atoms with Crippen LogP contribution in [0.4, 0.5) is 0 Å². The number of pyridine rings is 1. The van der Waals surface area contributed by atoms with Crippen molar-refractivity contribution in [2.24, 2.45) is 0 Å². The maximum Gasteiger partial charge on any atom is 0.204 e. The molecule has 24 heavy (non-hydrogen) atoms. The van der Waals surface area contributed by atoms with Gasteiger partial charge in [0.05, 0.1) is 13.2 Å². The Hall–Kier alpha value is -2.11. The molecule has 0 saturated carbocycles. The SMILES string of the molecule is Oc1c(CCCCN2C=CC=CC=CC2)ccnc1C1OCCO1. The molecule has 1 aromatic rings. The number of nitrogens with zero attached hydrogens (tertiary/aromatic N) is 2. The lowest BCUT2D eigenvalue weighted by molar-refractivity contribution is -0.0488. The molecule has 0 amide bonds. The van der Waals surface area contributed by atoms with E-state index in [-0.39, 0.29) is 5.75 Å². The van der Waals surface area contributed by atoms with Gasteiger partial charge in [-0.1, -0.05) is 24.3 Å². The Bertz CT molecular complexity index is 619. The number of ether oxygens (including phenoxy) is 2. The lowest BCUT2D eigenvalue weighted by Crippen LogP contribution is -2.19. The molecule has 3 rings (SSSR count). The van der Waals surface area contributed by atoms with Crippen LogP contribution in [0.5, 0.6) is 5.75 Å². The van der Waals surface area contributed by atoms with Gasteiger partial charge in [0.2, 0.25) is 6.29 Å². The lowest BCUT2D eigenvalue weighted by atomic mass is 10.1. The Morgan fingerprint density at radius 3 is 2.83 bits per heavy atom. The average molecular weight is 328 g/mol. The van der Waals surface area contributed by atoms with E-state index in [1.54, 1.807) is 6.20 Å². The van der Waals surface area contributed by atoms with Crippen molar-refractivity contribution < 1.29 is 14.6 Å². The normalized spacial score (nSPS) is 18.1. The highest BCUT2D eigenvalue weighted by Crippen LogP contribution is 2.31. The number of hydrogen-bond donors (Lipinski definition) is 1. The Morgan fingerprint density at radius 1 is 1.12 bits per heavy atom. The first-order chi connectivity index (χ1) is 11.8. The highest BCUT2D eigenvalue weighted by Gasteiger charge is 2.24. The van der Waals surface area contributed by atoms with Crippen LogP contribution in [0.25, 0.3) is 0 Å². The maximum absolute atomic E-state index is 10.4. The van der Waals surface area contributed by atoms with Crippen molar-refractivity contribution in [2.45, 2.75) is 25.6 Å². The van der Waals surface area contributed by atoms with Crippen LogP contribution in [-0.2, 0) is 15.9 Å². The predicted molar refractivity (Wildman–Crippen MR) is 92.5 cm³/mol. The number of unbranched alkanes of at least 4 members (excludes halogenated alkanes) is 1. The molecule has 2 aliphatic heterocycles. The lowest BCUT2D eigenvalue weighted by Gasteiger charge is -2.19. The second-order valence-electron chi connectivity index (χ2n) is 5.88. The number of rotatable bonds is 6. The monoisotopic (exact) mass is 328 g/mol. The number of aromatic hydroxyl groups is 1. The summed E-state index contributed by atoms with van der Waals surface area (Å²) in [5, 5.41) is 10.4. The summed E-state index contributed by atoms with van der Waals surface area (Å²) >= 11 is 0. The number of hydrogen-bond acceptors (Lipinski definition) is 5. The molecule has 0 bridgehead atoms. The van der Waals surface area contributed by atoms with Crippen LogP contribution < -0.4 is 0 Å². The largest absolute Gasteiger partial charge is 0.506 e. The van der Waals surface area contributed by atoms with Crippen LogP contribution in [0.2, 0.25) is 0 Å². The fraction of sp³-hybridized carbons (Fsp3) is 0.421. The highest BCUT2D eigenvalue weighted by molar-refractivity contribution is 5.36. The van der Waals surface area contributed by atoms with Gasteiger partial charge in [-0.25, -0.2) is 0 Å². The van der Waals surface area contributed by atoms with E-state index in [0.717, 1.165) is 37.9 Å². The molecular weight excluding hydrogens is 304 g/mol. The van der Waals surface area contributed by atoms with Crippen molar-refractivity contribution >= 4 is 0 Å². The van der Waals surface area contributed by atoms with Crippen molar-refractivity contribution in [2.75, 3.05) is 26.3 Å². The van der Waals surface area contributed by atoms with Crippen molar-refractivity contribution in [1.82, 2.24) is 9.88 Å². The third-order valence-corrected chi connectivity index (χ3v) is 4.13. The molecule has 0 atom stereocenters. The first-order valence-electron chi connectivity index (χ1n) is 8.48. The van der Waals surface area contributed by atoms with Crippen LogP contribution in [0.1, 0.15) is 30.4 Å². The third kappa shape index (κ3) is 4.46. The zero-order chi connectivity index (χ0) is 16.6. The van der Waals surface area contributed by atoms with E-state index < -0.39 is 6.29 Å². The van der Waals surface area contributed by atoms with Gasteiger partial charge >= 0.3 is 0 Å². The maximum atomic E-state index is 10.4. The molecule has 1 aromatic heterocycles. The van der Waals surface area contributed by atoms with Gasteiger partial charge in [0.1, 0.15) is 11.4 Å². The fourth-order valence-electron chi connectivity index (χ4n) is 2.83. The fourth-order valence-corrected chi connectivity index (χ4v) is 2.83. The first-order valence-corrected chi connectivity index (χ1v) is 8.48. The number of aryl methyl sites for hydroxylation is 1. The Morgan fingerprint density at radius 2 is 1.96 bits per heavy atom. The zero-order valence-electron chi connectivity index (χ0n) is 13.8. The molecular formula is C19H24N2O3. The summed E-state index contributed by atoms with van der Waals surface area (Å²) in [6.07, 6.45) is 16.6. The van der Waals surface area contributed by atoms with Crippen LogP contribution in [0.3, 0.4) is 0 Å². The molecule has 1 fully saturated rings. The second-order valence-corrected chi connectivity index (χ2v) is 5.88. The van der Waals surface area contributed by atoms with Crippen LogP contribution in [-0.4, -0.2) is 41.3 Å². The van der Waals surface area contributed by atoms with Crippen molar-refractivity contribution in [3.63, 3.8) is 0 Å². The smallest absolute Gasteiger partial charge is 0.204 e. The summed E-state index contributed by atoms with van der Waals surface area (Å²) in [7, 11) is 0. The predicted octanol–water partition coefficient (Wildman–Crippen LogP) is 3.10. The second kappa shape index (κ2) is 8.66. The van der Waals surface area contributed by atoms with E-state index in [4.69, 9.17) is 9.47 Å². The van der Waals surface area contributed by atoms with Gasteiger partial charge in [-0.05, 0) is 43.2 Å². The van der Waals surface area contributed by atoms with E-state index in [1.165, 1.54) is 0 Å². The van der Waals surface area contributed by atoms with Gasteiger partial charge in [0.25, 0.3) is 0 Å². The van der Waals surface area contributed by atoms with E-state index in [0.29, 0.717) is 18.9 Å². The van der Waals surface area contributed by atoms with Crippen LogP contribution in [0, 0.1) is 0 Å². The standard InChI is InChI=1S/C19H24N2O3/c22-18-16(9-10-20-17(18)19-23-14-15-24-19)8-4-7-13-21-11-5-2-1-3-6-12-21/h1-3,5-6,9-11,19,22H,4,7-8,12-15H2.